The first-order valence-electron chi connectivity index (χ1n) is 29.1. The van der Waals surface area contributed by atoms with Gasteiger partial charge in [-0.2, -0.15) is 0 Å². The molecule has 0 aromatic heterocycles. The van der Waals surface area contributed by atoms with E-state index in [1.54, 1.807) is 12.2 Å². The van der Waals surface area contributed by atoms with Gasteiger partial charge in [-0.25, -0.2) is 0 Å². The Kier molecular flexibility index (Phi) is 42.1. The summed E-state index contributed by atoms with van der Waals surface area (Å²) in [6.07, 6.45) is 49.9. The summed E-state index contributed by atoms with van der Waals surface area (Å²) in [5.41, 5.74) is 0. The second-order valence-electron chi connectivity index (χ2n) is 20.0. The molecule has 14 heteroatoms. The zero-order valence-electron chi connectivity index (χ0n) is 46.4. The summed E-state index contributed by atoms with van der Waals surface area (Å²) in [6.45, 7) is 2.42. The second-order valence-corrected chi connectivity index (χ2v) is 20.0. The summed E-state index contributed by atoms with van der Waals surface area (Å²) in [6, 6.07) is -0.915. The van der Waals surface area contributed by atoms with Crippen molar-refractivity contribution in [3.63, 3.8) is 0 Å². The van der Waals surface area contributed by atoms with Crippen molar-refractivity contribution >= 4 is 5.91 Å². The lowest BCUT2D eigenvalue weighted by atomic mass is 9.97. The fourth-order valence-electron chi connectivity index (χ4n) is 8.78. The molecular formula is C62H103NO13. The molecule has 12 atom stereocenters. The number of hydrogen-bond donors (Lipinski definition) is 9. The van der Waals surface area contributed by atoms with Crippen molar-refractivity contribution in [1.82, 2.24) is 5.32 Å². The molecule has 0 saturated carbocycles. The number of nitrogens with one attached hydrogen (secondary N) is 1. The average Bonchev–Trinajstić information content (AvgIpc) is 3.42. The predicted octanol–water partition coefficient (Wildman–Crippen LogP) is 9.66. The molecular weight excluding hydrogens is 967 g/mol. The van der Waals surface area contributed by atoms with Crippen LogP contribution in [-0.2, 0) is 23.7 Å². The minimum atomic E-state index is -1.79. The third-order valence-electron chi connectivity index (χ3n) is 13.4. The Labute approximate surface area is 457 Å². The zero-order valence-corrected chi connectivity index (χ0v) is 46.4. The van der Waals surface area contributed by atoms with Gasteiger partial charge < -0.3 is 65.1 Å². The van der Waals surface area contributed by atoms with Crippen molar-refractivity contribution in [2.45, 2.75) is 254 Å². The Balaban J connectivity index is 1.49. The number of aliphatic hydroxyl groups is 8. The second kappa shape index (κ2) is 46.6. The molecule has 0 aliphatic carbocycles. The number of allylic oxidation sites excluding steroid dienone is 17. The number of aliphatic hydroxyl groups excluding tert-OH is 8. The number of rotatable bonds is 44. The van der Waals surface area contributed by atoms with Gasteiger partial charge in [-0.05, 0) is 77.0 Å². The zero-order chi connectivity index (χ0) is 55.3. The van der Waals surface area contributed by atoms with E-state index in [9.17, 15) is 45.6 Å². The summed E-state index contributed by atoms with van der Waals surface area (Å²) in [7, 11) is 0. The van der Waals surface area contributed by atoms with Crippen LogP contribution in [0.1, 0.15) is 181 Å². The van der Waals surface area contributed by atoms with Gasteiger partial charge >= 0.3 is 0 Å². The summed E-state index contributed by atoms with van der Waals surface area (Å²) in [5.74, 6) is -0.257. The quantitative estimate of drug-likeness (QED) is 0.0205. The highest BCUT2D eigenvalue weighted by Gasteiger charge is 2.51. The highest BCUT2D eigenvalue weighted by atomic mass is 16.7. The van der Waals surface area contributed by atoms with Crippen molar-refractivity contribution in [3.8, 4) is 0 Å². The molecule has 12 unspecified atom stereocenters. The van der Waals surface area contributed by atoms with Crippen molar-refractivity contribution < 1.29 is 64.6 Å². The Bertz CT molecular complexity index is 1690. The molecule has 2 heterocycles. The summed E-state index contributed by atoms with van der Waals surface area (Å²) < 4.78 is 22.5. The molecule has 0 aromatic rings. The summed E-state index contributed by atoms with van der Waals surface area (Å²) in [5, 5.41) is 86.0. The maximum atomic E-state index is 13.0. The maximum Gasteiger partial charge on any atom is 0.220 e. The third-order valence-corrected chi connectivity index (χ3v) is 13.4. The molecule has 2 rings (SSSR count). The Morgan fingerprint density at radius 1 is 0.487 bits per heavy atom. The van der Waals surface area contributed by atoms with Gasteiger partial charge in [-0.15, -0.1) is 0 Å². The van der Waals surface area contributed by atoms with Gasteiger partial charge in [-0.3, -0.25) is 4.79 Å². The van der Waals surface area contributed by atoms with E-state index in [4.69, 9.17) is 18.9 Å². The van der Waals surface area contributed by atoms with Crippen molar-refractivity contribution in [1.29, 1.82) is 0 Å². The van der Waals surface area contributed by atoms with Crippen LogP contribution in [0.5, 0.6) is 0 Å². The molecule has 2 aliphatic heterocycles. The molecule has 434 valence electrons. The number of carbonyl (C=O) groups excluding carboxylic acids is 1. The molecule has 14 nitrogen and oxygen atoms in total. The van der Waals surface area contributed by atoms with Crippen molar-refractivity contribution in [3.05, 3.63) is 109 Å². The lowest BCUT2D eigenvalue weighted by Gasteiger charge is -2.46. The van der Waals surface area contributed by atoms with Crippen LogP contribution in [0, 0.1) is 0 Å². The van der Waals surface area contributed by atoms with Crippen molar-refractivity contribution in [2.75, 3.05) is 19.8 Å². The first kappa shape index (κ1) is 68.8. The molecule has 2 saturated heterocycles. The fourth-order valence-corrected chi connectivity index (χ4v) is 8.78. The molecule has 0 bridgehead atoms. The SMILES string of the molecule is CC/C=C\C/C=C\C/C=C\C/C=C\C/C=C\C/C=C\C/C=C\C/C=C\CCCCCCCCCCCCCCCCC(=O)NC(COC1OC(CO)C(OC2OC(CO)C(O)C(O)C2O)C(O)C1O)C(O)/C=C/CCC. The normalized spacial score (nSPS) is 25.7. The molecule has 0 aromatic carbocycles. The van der Waals surface area contributed by atoms with Gasteiger partial charge in [0.25, 0.3) is 0 Å². The van der Waals surface area contributed by atoms with E-state index in [1.807, 2.05) is 6.92 Å². The van der Waals surface area contributed by atoms with E-state index < -0.39 is 86.8 Å². The molecule has 76 heavy (non-hydrogen) atoms. The highest BCUT2D eigenvalue weighted by Crippen LogP contribution is 2.30. The molecule has 2 aliphatic rings. The van der Waals surface area contributed by atoms with Crippen LogP contribution >= 0.6 is 0 Å². The lowest BCUT2D eigenvalue weighted by Crippen LogP contribution is -2.65. The van der Waals surface area contributed by atoms with Crippen LogP contribution in [0.2, 0.25) is 0 Å². The van der Waals surface area contributed by atoms with Crippen LogP contribution in [0.15, 0.2) is 109 Å². The topological polar surface area (TPSA) is 228 Å². The third kappa shape index (κ3) is 31.9. The maximum absolute atomic E-state index is 13.0. The predicted molar refractivity (Wildman–Crippen MR) is 304 cm³/mol. The highest BCUT2D eigenvalue weighted by molar-refractivity contribution is 5.76. The van der Waals surface area contributed by atoms with Gasteiger partial charge in [0.05, 0.1) is 32.0 Å². The smallest absolute Gasteiger partial charge is 0.220 e. The first-order valence-corrected chi connectivity index (χ1v) is 29.1. The largest absolute Gasteiger partial charge is 0.394 e. The number of amides is 1. The average molecular weight is 1070 g/mol. The Morgan fingerprint density at radius 3 is 1.37 bits per heavy atom. The summed E-state index contributed by atoms with van der Waals surface area (Å²) >= 11 is 0. The first-order chi connectivity index (χ1) is 37.1. The molecule has 2 fully saturated rings. The van der Waals surface area contributed by atoms with E-state index in [0.717, 1.165) is 83.5 Å². The molecule has 9 N–H and O–H groups in total. The number of hydrogen-bond acceptors (Lipinski definition) is 13. The Hall–Kier alpha value is -3.35. The number of unbranched alkanes of at least 4 members (excludes halogenated alkanes) is 15. The minimum Gasteiger partial charge on any atom is -0.394 e. The van der Waals surface area contributed by atoms with Gasteiger partial charge in [0.1, 0.15) is 48.8 Å². The van der Waals surface area contributed by atoms with Gasteiger partial charge in [0.2, 0.25) is 5.91 Å². The molecule has 1 amide bonds. The minimum absolute atomic E-state index is 0.257. The van der Waals surface area contributed by atoms with Crippen LogP contribution in [0.25, 0.3) is 0 Å². The van der Waals surface area contributed by atoms with Crippen LogP contribution in [-0.4, -0.2) is 140 Å². The number of carbonyl (C=O) groups is 1. The van der Waals surface area contributed by atoms with Crippen LogP contribution < -0.4 is 5.32 Å². The van der Waals surface area contributed by atoms with E-state index >= 15 is 0 Å². The number of ether oxygens (including phenoxy) is 4. The van der Waals surface area contributed by atoms with E-state index in [0.29, 0.717) is 6.42 Å². The lowest BCUT2D eigenvalue weighted by molar-refractivity contribution is -0.359. The monoisotopic (exact) mass is 1070 g/mol. The standard InChI is InChI=1S/C62H103NO13/c1-3-5-7-8-9-10-11-12-13-14-15-16-17-18-19-20-21-22-23-24-25-26-27-28-29-30-31-32-33-34-35-36-37-38-39-40-41-42-44-46-54(67)63-50(51(66)45-43-6-4-2)49-73-61-59(72)57(70)60(53(48-65)75-61)76-62-58(71)56(69)55(68)52(47-64)74-62/h5,7,9-10,12-13,15-16,18-19,21-22,24-25,27-28,43,45,50-53,55-62,64-66,68-72H,3-4,6,8,11,14,17,20,23,26,29-42,44,46-49H2,1-2H3,(H,63,67)/b7-5-,10-9-,13-12-,16-15-,19-18-,22-21-,25-24-,28-27-,45-43+. The fraction of sp³-hybridized carbons (Fsp3) is 0.694. The van der Waals surface area contributed by atoms with Gasteiger partial charge in [0, 0.05) is 6.42 Å². The van der Waals surface area contributed by atoms with Gasteiger partial charge in [-0.1, -0.05) is 207 Å². The summed E-state index contributed by atoms with van der Waals surface area (Å²) in [4.78, 5) is 13.0. The van der Waals surface area contributed by atoms with Crippen molar-refractivity contribution in [2.24, 2.45) is 0 Å². The molecule has 0 spiro atoms. The van der Waals surface area contributed by atoms with Crippen LogP contribution in [0.4, 0.5) is 0 Å². The molecule has 0 radical (unpaired) electrons. The van der Waals surface area contributed by atoms with E-state index in [-0.39, 0.29) is 18.9 Å². The van der Waals surface area contributed by atoms with Crippen LogP contribution in [0.3, 0.4) is 0 Å². The van der Waals surface area contributed by atoms with Gasteiger partial charge in [0.15, 0.2) is 12.6 Å². The van der Waals surface area contributed by atoms with E-state index in [1.165, 1.54) is 70.6 Å². The Morgan fingerprint density at radius 2 is 0.908 bits per heavy atom. The van der Waals surface area contributed by atoms with E-state index in [2.05, 4.69) is 109 Å².